The second-order valence-electron chi connectivity index (χ2n) is 3.50. The summed E-state index contributed by atoms with van der Waals surface area (Å²) < 4.78 is 0. The average Bonchev–Trinajstić information content (AvgIpc) is 2.81. The maximum absolute atomic E-state index is 5.90. The van der Waals surface area contributed by atoms with Crippen molar-refractivity contribution < 1.29 is 0 Å². The number of benzene rings is 1. The van der Waals surface area contributed by atoms with E-state index in [0.29, 0.717) is 0 Å². The van der Waals surface area contributed by atoms with E-state index in [-0.39, 0.29) is 5.28 Å². The standard InChI is InChI=1S/C12H8ClN3S/c13-12-15-10-4-2-1-3-9(10)11(16-12)14-8-5-6-17-7-8/h1-7H,(H,14,15,16). The molecule has 0 atom stereocenters. The molecule has 0 saturated heterocycles. The Labute approximate surface area is 107 Å². The summed E-state index contributed by atoms with van der Waals surface area (Å²) >= 11 is 7.53. The molecule has 0 aliphatic rings. The lowest BCUT2D eigenvalue weighted by Gasteiger charge is -2.07. The van der Waals surface area contributed by atoms with Gasteiger partial charge in [-0.25, -0.2) is 4.98 Å². The lowest BCUT2D eigenvalue weighted by molar-refractivity contribution is 1.22. The number of nitrogens with zero attached hydrogens (tertiary/aromatic N) is 2. The lowest BCUT2D eigenvalue weighted by atomic mass is 10.2. The molecule has 1 N–H and O–H groups in total. The molecule has 0 radical (unpaired) electrons. The van der Waals surface area contributed by atoms with Crippen LogP contribution in [-0.4, -0.2) is 9.97 Å². The highest BCUT2D eigenvalue weighted by molar-refractivity contribution is 7.08. The van der Waals surface area contributed by atoms with Crippen molar-refractivity contribution in [2.75, 3.05) is 5.32 Å². The van der Waals surface area contributed by atoms with Gasteiger partial charge in [0, 0.05) is 10.8 Å². The van der Waals surface area contributed by atoms with Gasteiger partial charge in [-0.3, -0.25) is 0 Å². The van der Waals surface area contributed by atoms with Crippen LogP contribution < -0.4 is 5.32 Å². The van der Waals surface area contributed by atoms with Gasteiger partial charge in [0.25, 0.3) is 0 Å². The predicted molar refractivity (Wildman–Crippen MR) is 72.1 cm³/mol. The second kappa shape index (κ2) is 4.31. The topological polar surface area (TPSA) is 37.8 Å². The molecule has 84 valence electrons. The van der Waals surface area contributed by atoms with Crippen LogP contribution >= 0.6 is 22.9 Å². The Morgan fingerprint density at radius 3 is 2.82 bits per heavy atom. The largest absolute Gasteiger partial charge is 0.339 e. The summed E-state index contributed by atoms with van der Waals surface area (Å²) in [7, 11) is 0. The van der Waals surface area contributed by atoms with Crippen molar-refractivity contribution >= 4 is 45.3 Å². The number of hydrogen-bond acceptors (Lipinski definition) is 4. The number of thiophene rings is 1. The van der Waals surface area contributed by atoms with Crippen molar-refractivity contribution in [3.05, 3.63) is 46.4 Å². The first-order valence-corrected chi connectivity index (χ1v) is 6.36. The van der Waals surface area contributed by atoms with E-state index < -0.39 is 0 Å². The van der Waals surface area contributed by atoms with E-state index in [4.69, 9.17) is 11.6 Å². The number of anilines is 2. The zero-order valence-electron chi connectivity index (χ0n) is 8.72. The minimum absolute atomic E-state index is 0.251. The fourth-order valence-electron chi connectivity index (χ4n) is 1.62. The van der Waals surface area contributed by atoms with Gasteiger partial charge in [-0.1, -0.05) is 12.1 Å². The first-order valence-electron chi connectivity index (χ1n) is 5.04. The number of aromatic nitrogens is 2. The van der Waals surface area contributed by atoms with Gasteiger partial charge >= 0.3 is 0 Å². The van der Waals surface area contributed by atoms with Crippen molar-refractivity contribution in [1.82, 2.24) is 9.97 Å². The molecule has 0 saturated carbocycles. The molecule has 0 bridgehead atoms. The Morgan fingerprint density at radius 1 is 1.12 bits per heavy atom. The van der Waals surface area contributed by atoms with E-state index in [1.807, 2.05) is 41.1 Å². The quantitative estimate of drug-likeness (QED) is 0.706. The third-order valence-corrected chi connectivity index (χ3v) is 3.21. The van der Waals surface area contributed by atoms with Gasteiger partial charge < -0.3 is 5.32 Å². The highest BCUT2D eigenvalue weighted by Crippen LogP contribution is 2.25. The number of para-hydroxylation sites is 1. The van der Waals surface area contributed by atoms with E-state index in [1.165, 1.54) is 0 Å². The Hall–Kier alpha value is -1.65. The summed E-state index contributed by atoms with van der Waals surface area (Å²) in [6.45, 7) is 0. The van der Waals surface area contributed by atoms with E-state index in [1.54, 1.807) is 11.3 Å². The van der Waals surface area contributed by atoms with Gasteiger partial charge in [0.1, 0.15) is 5.82 Å². The minimum atomic E-state index is 0.251. The van der Waals surface area contributed by atoms with Gasteiger partial charge in [-0.15, -0.1) is 0 Å². The highest BCUT2D eigenvalue weighted by Gasteiger charge is 2.06. The van der Waals surface area contributed by atoms with Gasteiger partial charge in [0.2, 0.25) is 5.28 Å². The summed E-state index contributed by atoms with van der Waals surface area (Å²) in [6, 6.07) is 9.77. The molecule has 17 heavy (non-hydrogen) atoms. The molecule has 0 aliphatic carbocycles. The van der Waals surface area contributed by atoms with E-state index >= 15 is 0 Å². The van der Waals surface area contributed by atoms with Crippen molar-refractivity contribution in [2.24, 2.45) is 0 Å². The minimum Gasteiger partial charge on any atom is -0.339 e. The SMILES string of the molecule is Clc1nc(Nc2ccsc2)c2ccccc2n1. The zero-order chi connectivity index (χ0) is 11.7. The lowest BCUT2D eigenvalue weighted by Crippen LogP contribution is -1.95. The Bertz CT molecular complexity index is 652. The van der Waals surface area contributed by atoms with Crippen molar-refractivity contribution in [1.29, 1.82) is 0 Å². The maximum atomic E-state index is 5.90. The molecular weight excluding hydrogens is 254 g/mol. The maximum Gasteiger partial charge on any atom is 0.224 e. The smallest absolute Gasteiger partial charge is 0.224 e. The molecular formula is C12H8ClN3S. The molecule has 0 fully saturated rings. The van der Waals surface area contributed by atoms with Crippen LogP contribution in [0.5, 0.6) is 0 Å². The predicted octanol–water partition coefficient (Wildman–Crippen LogP) is 4.09. The van der Waals surface area contributed by atoms with Crippen LogP contribution in [0.15, 0.2) is 41.1 Å². The van der Waals surface area contributed by atoms with Crippen LogP contribution in [0.25, 0.3) is 10.9 Å². The summed E-state index contributed by atoms with van der Waals surface area (Å²) in [6.07, 6.45) is 0. The van der Waals surface area contributed by atoms with Crippen molar-refractivity contribution in [2.45, 2.75) is 0 Å². The summed E-state index contributed by atoms with van der Waals surface area (Å²) in [5, 5.41) is 8.48. The van der Waals surface area contributed by atoms with Crippen LogP contribution in [0.3, 0.4) is 0 Å². The molecule has 0 aliphatic heterocycles. The van der Waals surface area contributed by atoms with Crippen LogP contribution in [0.1, 0.15) is 0 Å². The summed E-state index contributed by atoms with van der Waals surface area (Å²) in [5.74, 6) is 0.735. The van der Waals surface area contributed by atoms with Crippen LogP contribution in [0.4, 0.5) is 11.5 Å². The molecule has 2 aromatic heterocycles. The fraction of sp³-hybridized carbons (Fsp3) is 0. The average molecular weight is 262 g/mol. The summed E-state index contributed by atoms with van der Waals surface area (Å²) in [4.78, 5) is 8.41. The third kappa shape index (κ3) is 2.09. The van der Waals surface area contributed by atoms with Crippen molar-refractivity contribution in [3.63, 3.8) is 0 Å². The van der Waals surface area contributed by atoms with Gasteiger partial charge in [-0.2, -0.15) is 16.3 Å². The van der Waals surface area contributed by atoms with Gasteiger partial charge in [0.05, 0.1) is 11.2 Å². The molecule has 5 heteroatoms. The molecule has 1 aromatic carbocycles. The van der Waals surface area contributed by atoms with Gasteiger partial charge in [-0.05, 0) is 35.2 Å². The van der Waals surface area contributed by atoms with E-state index in [2.05, 4.69) is 15.3 Å². The van der Waals surface area contributed by atoms with Crippen LogP contribution in [-0.2, 0) is 0 Å². The normalized spacial score (nSPS) is 10.6. The van der Waals surface area contributed by atoms with Crippen molar-refractivity contribution in [3.8, 4) is 0 Å². The highest BCUT2D eigenvalue weighted by atomic mass is 35.5. The fourth-order valence-corrected chi connectivity index (χ4v) is 2.38. The van der Waals surface area contributed by atoms with Gasteiger partial charge in [0.15, 0.2) is 0 Å². The Kier molecular flexibility index (Phi) is 2.66. The molecule has 0 unspecified atom stereocenters. The molecule has 0 amide bonds. The number of nitrogens with one attached hydrogen (secondary N) is 1. The van der Waals surface area contributed by atoms with Crippen LogP contribution in [0.2, 0.25) is 5.28 Å². The second-order valence-corrected chi connectivity index (χ2v) is 4.61. The number of rotatable bonds is 2. The molecule has 2 heterocycles. The number of fused-ring (bicyclic) bond motifs is 1. The van der Waals surface area contributed by atoms with Crippen LogP contribution in [0, 0.1) is 0 Å². The number of hydrogen-bond donors (Lipinski definition) is 1. The summed E-state index contributed by atoms with van der Waals surface area (Å²) in [5.41, 5.74) is 1.85. The Balaban J connectivity index is 2.14. The molecule has 3 aromatic rings. The Morgan fingerprint density at radius 2 is 2.00 bits per heavy atom. The number of halogens is 1. The first-order chi connectivity index (χ1) is 8.33. The monoisotopic (exact) mass is 261 g/mol. The molecule has 0 spiro atoms. The first kappa shape index (κ1) is 10.5. The molecule has 3 rings (SSSR count). The molecule has 3 nitrogen and oxygen atoms in total. The van der Waals surface area contributed by atoms with E-state index in [9.17, 15) is 0 Å². The third-order valence-electron chi connectivity index (χ3n) is 2.36. The zero-order valence-corrected chi connectivity index (χ0v) is 10.3. The van der Waals surface area contributed by atoms with E-state index in [0.717, 1.165) is 22.4 Å².